The van der Waals surface area contributed by atoms with Crippen molar-refractivity contribution in [2.45, 2.75) is 155 Å². The maximum atomic E-state index is 2.65. The van der Waals surface area contributed by atoms with Gasteiger partial charge in [0.05, 0.1) is 19.5 Å². The molecule has 0 amide bonds. The Morgan fingerprint density at radius 1 is 0.610 bits per heavy atom. The van der Waals surface area contributed by atoms with E-state index in [4.69, 9.17) is 0 Å². The summed E-state index contributed by atoms with van der Waals surface area (Å²) in [5.41, 5.74) is 4.35. The van der Waals surface area contributed by atoms with Crippen molar-refractivity contribution in [3.8, 4) is 0 Å². The molecule has 1 heterocycles. The summed E-state index contributed by atoms with van der Waals surface area (Å²) >= 11 is 0. The SMILES string of the molecule is CCCCCCCCCCCCCCCCCn1cc(CC(C)c2ccccc2)[n+](CCC)c1Cc1ccccc1. The molecular weight excluding hydrogens is 496 g/mol. The number of hydrogen-bond donors (Lipinski definition) is 0. The Morgan fingerprint density at radius 3 is 1.66 bits per heavy atom. The molecule has 0 radical (unpaired) electrons. The molecule has 3 rings (SSSR count). The molecule has 1 aromatic heterocycles. The highest BCUT2D eigenvalue weighted by Gasteiger charge is 2.24. The van der Waals surface area contributed by atoms with Crippen LogP contribution >= 0.6 is 0 Å². The zero-order valence-electron chi connectivity index (χ0n) is 27.0. The first-order valence-corrected chi connectivity index (χ1v) is 17.4. The number of rotatable bonds is 23. The molecule has 2 nitrogen and oxygen atoms in total. The van der Waals surface area contributed by atoms with Crippen molar-refractivity contribution in [3.05, 3.63) is 89.5 Å². The Hall–Kier alpha value is -2.35. The maximum Gasteiger partial charge on any atom is 0.261 e. The smallest absolute Gasteiger partial charge is 0.234 e. The predicted octanol–water partition coefficient (Wildman–Crippen LogP) is 11.0. The molecule has 0 N–H and O–H groups in total. The summed E-state index contributed by atoms with van der Waals surface area (Å²) in [6.07, 6.45) is 27.0. The molecule has 226 valence electrons. The molecule has 2 heteroatoms. The van der Waals surface area contributed by atoms with Crippen LogP contribution in [0.4, 0.5) is 0 Å². The van der Waals surface area contributed by atoms with Crippen molar-refractivity contribution < 1.29 is 4.57 Å². The zero-order chi connectivity index (χ0) is 29.0. The van der Waals surface area contributed by atoms with Gasteiger partial charge in [-0.3, -0.25) is 0 Å². The van der Waals surface area contributed by atoms with E-state index in [0.29, 0.717) is 5.92 Å². The Labute approximate surface area is 253 Å². The first-order chi connectivity index (χ1) is 20.2. The highest BCUT2D eigenvalue weighted by Crippen LogP contribution is 2.21. The van der Waals surface area contributed by atoms with Crippen molar-refractivity contribution in [1.29, 1.82) is 0 Å². The first kappa shape index (κ1) is 33.2. The second kappa shape index (κ2) is 20.5. The van der Waals surface area contributed by atoms with Crippen molar-refractivity contribution in [2.24, 2.45) is 0 Å². The fraction of sp³-hybridized carbons (Fsp3) is 0.615. The van der Waals surface area contributed by atoms with Gasteiger partial charge in [0.15, 0.2) is 0 Å². The third-order valence-electron chi connectivity index (χ3n) is 8.83. The van der Waals surface area contributed by atoms with E-state index >= 15 is 0 Å². The number of hydrogen-bond acceptors (Lipinski definition) is 0. The topological polar surface area (TPSA) is 8.81 Å². The molecule has 1 atom stereocenters. The molecule has 41 heavy (non-hydrogen) atoms. The Bertz CT molecular complexity index is 1040. The molecule has 2 aromatic carbocycles. The summed E-state index contributed by atoms with van der Waals surface area (Å²) in [6, 6.07) is 22.1. The van der Waals surface area contributed by atoms with E-state index in [0.717, 1.165) is 25.9 Å². The van der Waals surface area contributed by atoms with Crippen LogP contribution in [0.2, 0.25) is 0 Å². The Morgan fingerprint density at radius 2 is 1.12 bits per heavy atom. The van der Waals surface area contributed by atoms with Gasteiger partial charge in [-0.25, -0.2) is 9.13 Å². The average Bonchev–Trinajstić information content (AvgIpc) is 3.31. The van der Waals surface area contributed by atoms with Crippen molar-refractivity contribution in [2.75, 3.05) is 0 Å². The summed E-state index contributed by atoms with van der Waals surface area (Å²) in [7, 11) is 0. The lowest BCUT2D eigenvalue weighted by Gasteiger charge is -2.11. The van der Waals surface area contributed by atoms with Gasteiger partial charge in [-0.2, -0.15) is 0 Å². The third kappa shape index (κ3) is 12.6. The quantitative estimate of drug-likeness (QED) is 0.0810. The average molecular weight is 558 g/mol. The predicted molar refractivity (Wildman–Crippen MR) is 178 cm³/mol. The second-order valence-electron chi connectivity index (χ2n) is 12.5. The van der Waals surface area contributed by atoms with E-state index in [-0.39, 0.29) is 0 Å². The van der Waals surface area contributed by atoms with E-state index in [1.165, 1.54) is 125 Å². The lowest BCUT2D eigenvalue weighted by Crippen LogP contribution is -2.41. The van der Waals surface area contributed by atoms with Crippen LogP contribution in [-0.2, 0) is 25.9 Å². The molecule has 0 aliphatic heterocycles. The van der Waals surface area contributed by atoms with Crippen LogP contribution in [-0.4, -0.2) is 4.57 Å². The summed E-state index contributed by atoms with van der Waals surface area (Å²) in [6.45, 7) is 9.25. The van der Waals surface area contributed by atoms with Crippen LogP contribution in [0, 0.1) is 0 Å². The normalized spacial score (nSPS) is 12.2. The van der Waals surface area contributed by atoms with Crippen LogP contribution in [0.25, 0.3) is 0 Å². The van der Waals surface area contributed by atoms with E-state index < -0.39 is 0 Å². The number of aryl methyl sites for hydroxylation is 1. The minimum absolute atomic E-state index is 0.519. The van der Waals surface area contributed by atoms with Crippen molar-refractivity contribution in [1.82, 2.24) is 4.57 Å². The van der Waals surface area contributed by atoms with Gasteiger partial charge in [-0.15, -0.1) is 0 Å². The zero-order valence-corrected chi connectivity index (χ0v) is 27.0. The summed E-state index contributed by atoms with van der Waals surface area (Å²) in [5, 5.41) is 0. The fourth-order valence-corrected chi connectivity index (χ4v) is 6.34. The van der Waals surface area contributed by atoms with Crippen LogP contribution in [0.1, 0.15) is 152 Å². The second-order valence-corrected chi connectivity index (χ2v) is 12.5. The molecule has 0 bridgehead atoms. The highest BCUT2D eigenvalue weighted by atomic mass is 15.2. The first-order valence-electron chi connectivity index (χ1n) is 17.4. The van der Waals surface area contributed by atoms with Gasteiger partial charge in [0, 0.05) is 6.42 Å². The number of nitrogens with zero attached hydrogens (tertiary/aromatic N) is 2. The lowest BCUT2D eigenvalue weighted by molar-refractivity contribution is -0.710. The molecule has 0 spiro atoms. The van der Waals surface area contributed by atoms with Gasteiger partial charge in [-0.05, 0) is 36.3 Å². The molecule has 0 saturated carbocycles. The Balaban J connectivity index is 1.47. The van der Waals surface area contributed by atoms with Gasteiger partial charge in [-0.1, -0.05) is 165 Å². The minimum atomic E-state index is 0.519. The Kier molecular flexibility index (Phi) is 16.6. The van der Waals surface area contributed by atoms with E-state index in [1.807, 2.05) is 0 Å². The molecule has 0 aliphatic carbocycles. The van der Waals surface area contributed by atoms with Crippen LogP contribution in [0.5, 0.6) is 0 Å². The van der Waals surface area contributed by atoms with Gasteiger partial charge in [0.1, 0.15) is 11.9 Å². The number of aromatic nitrogens is 2. The van der Waals surface area contributed by atoms with E-state index in [9.17, 15) is 0 Å². The summed E-state index contributed by atoms with van der Waals surface area (Å²) in [5.74, 6) is 2.00. The van der Waals surface area contributed by atoms with Crippen LogP contribution in [0.3, 0.4) is 0 Å². The highest BCUT2D eigenvalue weighted by molar-refractivity contribution is 5.21. The third-order valence-corrected chi connectivity index (χ3v) is 8.83. The van der Waals surface area contributed by atoms with Gasteiger partial charge >= 0.3 is 0 Å². The largest absolute Gasteiger partial charge is 0.261 e. The van der Waals surface area contributed by atoms with Crippen molar-refractivity contribution in [3.63, 3.8) is 0 Å². The summed E-state index contributed by atoms with van der Waals surface area (Å²) in [4.78, 5) is 0. The molecule has 0 saturated heterocycles. The number of unbranched alkanes of at least 4 members (excludes halogenated alkanes) is 14. The monoisotopic (exact) mass is 557 g/mol. The van der Waals surface area contributed by atoms with Crippen molar-refractivity contribution >= 4 is 0 Å². The summed E-state index contributed by atoms with van der Waals surface area (Å²) < 4.78 is 5.26. The van der Waals surface area contributed by atoms with Crippen LogP contribution < -0.4 is 4.57 Å². The molecule has 0 fully saturated rings. The number of benzene rings is 2. The molecular formula is C39H61N2+. The number of imidazole rings is 1. The maximum absolute atomic E-state index is 2.65. The molecule has 1 unspecified atom stereocenters. The lowest BCUT2D eigenvalue weighted by atomic mass is 9.96. The van der Waals surface area contributed by atoms with Gasteiger partial charge in [0.2, 0.25) is 0 Å². The molecule has 3 aromatic rings. The van der Waals surface area contributed by atoms with Crippen LogP contribution in [0.15, 0.2) is 66.9 Å². The standard InChI is InChI=1S/C39H61N2/c1-4-6-7-8-9-10-11-12-13-14-15-16-17-18-25-31-40-34-38(32-35(3)37-28-23-20-24-29-37)41(30-5-2)39(40)33-36-26-21-19-22-27-36/h19-24,26-29,34-35H,4-18,25,30-33H2,1-3H3/q+1. The van der Waals surface area contributed by atoms with E-state index in [1.54, 1.807) is 0 Å². The van der Waals surface area contributed by atoms with E-state index in [2.05, 4.69) is 96.8 Å². The minimum Gasteiger partial charge on any atom is -0.234 e. The van der Waals surface area contributed by atoms with Gasteiger partial charge < -0.3 is 0 Å². The van der Waals surface area contributed by atoms with Gasteiger partial charge in [0.25, 0.3) is 5.82 Å². The fourth-order valence-electron chi connectivity index (χ4n) is 6.34. The molecule has 0 aliphatic rings.